The minimum absolute atomic E-state index is 0.350. The Morgan fingerprint density at radius 2 is 1.96 bits per heavy atom. The lowest BCUT2D eigenvalue weighted by Crippen LogP contribution is -2.05. The zero-order chi connectivity index (χ0) is 17.1. The molecule has 1 amide bonds. The van der Waals surface area contributed by atoms with Gasteiger partial charge in [0.1, 0.15) is 0 Å². The molecule has 1 aromatic heterocycles. The molecule has 0 saturated carbocycles. The standard InChI is InChI=1S/C16H11Cl2N3O2S/c1-23-15-9(4-3-7-19-15)8-12-14(22)21-16(24-12)20-13-10(17)5-2-6-11(13)18/h2-8H,1H3,(H,20,21,22)/b12-8-. The summed E-state index contributed by atoms with van der Waals surface area (Å²) in [7, 11) is 1.52. The van der Waals surface area contributed by atoms with Gasteiger partial charge in [0.2, 0.25) is 5.88 Å². The van der Waals surface area contributed by atoms with Gasteiger partial charge in [0.25, 0.3) is 5.91 Å². The molecule has 0 saturated heterocycles. The van der Waals surface area contributed by atoms with E-state index in [2.05, 4.69) is 15.3 Å². The number of thioether (sulfide) groups is 1. The van der Waals surface area contributed by atoms with Gasteiger partial charge < -0.3 is 10.1 Å². The molecular formula is C16H11Cl2N3O2S. The lowest BCUT2D eigenvalue weighted by molar-refractivity contribution is -0.113. The third-order valence-corrected chi connectivity index (χ3v) is 4.62. The summed E-state index contributed by atoms with van der Waals surface area (Å²) in [4.78, 5) is 20.6. The molecule has 2 heterocycles. The number of carbonyl (C=O) groups excluding carboxylic acids is 1. The molecule has 0 unspecified atom stereocenters. The molecule has 122 valence electrons. The SMILES string of the molecule is COc1ncccc1/C=C1\SC(Nc2c(Cl)cccc2Cl)=NC1=O. The van der Waals surface area contributed by atoms with Gasteiger partial charge in [-0.1, -0.05) is 29.3 Å². The van der Waals surface area contributed by atoms with E-state index in [0.29, 0.717) is 37.2 Å². The average Bonchev–Trinajstić information content (AvgIpc) is 2.91. The summed E-state index contributed by atoms with van der Waals surface area (Å²) in [6.07, 6.45) is 3.30. The van der Waals surface area contributed by atoms with E-state index < -0.39 is 0 Å². The van der Waals surface area contributed by atoms with E-state index in [9.17, 15) is 4.79 Å². The molecule has 8 heteroatoms. The Balaban J connectivity index is 1.83. The predicted molar refractivity (Wildman–Crippen MR) is 98.9 cm³/mol. The Hall–Kier alpha value is -2.02. The summed E-state index contributed by atoms with van der Waals surface area (Å²) in [5, 5.41) is 4.30. The molecule has 2 aromatic rings. The van der Waals surface area contributed by atoms with Gasteiger partial charge in [-0.05, 0) is 42.1 Å². The van der Waals surface area contributed by atoms with Crippen LogP contribution in [0.5, 0.6) is 5.88 Å². The number of benzene rings is 1. The lowest BCUT2D eigenvalue weighted by atomic mass is 10.2. The van der Waals surface area contributed by atoms with Crippen molar-refractivity contribution in [3.8, 4) is 5.88 Å². The van der Waals surface area contributed by atoms with Crippen LogP contribution in [0.15, 0.2) is 46.4 Å². The maximum absolute atomic E-state index is 12.1. The number of ether oxygens (including phenoxy) is 1. The Morgan fingerprint density at radius 1 is 1.21 bits per heavy atom. The topological polar surface area (TPSA) is 63.6 Å². The van der Waals surface area contributed by atoms with Gasteiger partial charge in [-0.3, -0.25) is 4.79 Å². The van der Waals surface area contributed by atoms with E-state index in [1.54, 1.807) is 36.5 Å². The molecule has 5 nitrogen and oxygen atoms in total. The first-order valence-corrected chi connectivity index (χ1v) is 8.38. The summed E-state index contributed by atoms with van der Waals surface area (Å²) >= 11 is 13.4. The summed E-state index contributed by atoms with van der Waals surface area (Å²) in [6.45, 7) is 0. The number of pyridine rings is 1. The number of nitrogens with one attached hydrogen (secondary N) is 1. The van der Waals surface area contributed by atoms with Crippen molar-refractivity contribution < 1.29 is 9.53 Å². The zero-order valence-electron chi connectivity index (χ0n) is 12.4. The Morgan fingerprint density at radius 3 is 2.67 bits per heavy atom. The fraction of sp³-hybridized carbons (Fsp3) is 0.0625. The highest BCUT2D eigenvalue weighted by molar-refractivity contribution is 8.18. The van der Waals surface area contributed by atoms with Crippen LogP contribution in [0.25, 0.3) is 6.08 Å². The normalized spacial score (nSPS) is 15.5. The number of methoxy groups -OCH3 is 1. The number of aliphatic imine (C=N–C) groups is 1. The second-order valence-electron chi connectivity index (χ2n) is 4.66. The van der Waals surface area contributed by atoms with Crippen LogP contribution in [-0.4, -0.2) is 23.2 Å². The molecule has 0 bridgehead atoms. The third kappa shape index (κ3) is 3.56. The largest absolute Gasteiger partial charge is 0.481 e. The Bertz CT molecular complexity index is 848. The van der Waals surface area contributed by atoms with Crippen LogP contribution in [0.1, 0.15) is 5.56 Å². The molecule has 1 aliphatic rings. The Kier molecular flexibility index (Phi) is 5.08. The zero-order valence-corrected chi connectivity index (χ0v) is 14.7. The van der Waals surface area contributed by atoms with Crippen molar-refractivity contribution in [2.75, 3.05) is 12.4 Å². The average molecular weight is 380 g/mol. The van der Waals surface area contributed by atoms with Gasteiger partial charge in [-0.2, -0.15) is 4.99 Å². The van der Waals surface area contributed by atoms with Crippen molar-refractivity contribution >= 4 is 57.8 Å². The van der Waals surface area contributed by atoms with Gasteiger partial charge in [0.05, 0.1) is 27.7 Å². The number of hydrogen-bond donors (Lipinski definition) is 1. The molecule has 1 aliphatic heterocycles. The van der Waals surface area contributed by atoms with Gasteiger partial charge >= 0.3 is 0 Å². The van der Waals surface area contributed by atoms with Gasteiger partial charge in [0, 0.05) is 11.8 Å². The highest BCUT2D eigenvalue weighted by atomic mass is 35.5. The number of para-hydroxylation sites is 1. The van der Waals surface area contributed by atoms with Gasteiger partial charge in [0.15, 0.2) is 5.17 Å². The number of rotatable bonds is 3. The van der Waals surface area contributed by atoms with Gasteiger partial charge in [-0.15, -0.1) is 0 Å². The first-order valence-electron chi connectivity index (χ1n) is 6.81. The van der Waals surface area contributed by atoms with E-state index >= 15 is 0 Å². The number of anilines is 1. The monoisotopic (exact) mass is 379 g/mol. The number of hydrogen-bond acceptors (Lipinski definition) is 5. The van der Waals surface area contributed by atoms with E-state index in [0.717, 1.165) is 0 Å². The molecule has 0 atom stereocenters. The van der Waals surface area contributed by atoms with E-state index in [4.69, 9.17) is 27.9 Å². The van der Waals surface area contributed by atoms with Crippen molar-refractivity contribution in [3.05, 3.63) is 57.0 Å². The van der Waals surface area contributed by atoms with Crippen molar-refractivity contribution in [1.29, 1.82) is 0 Å². The second kappa shape index (κ2) is 7.25. The van der Waals surface area contributed by atoms with Crippen LogP contribution in [0, 0.1) is 0 Å². The van der Waals surface area contributed by atoms with Crippen molar-refractivity contribution in [2.45, 2.75) is 0 Å². The minimum atomic E-state index is -0.350. The molecule has 24 heavy (non-hydrogen) atoms. The molecule has 1 aromatic carbocycles. The maximum atomic E-state index is 12.1. The number of nitrogens with zero attached hydrogens (tertiary/aromatic N) is 2. The summed E-state index contributed by atoms with van der Waals surface area (Å²) < 4.78 is 5.18. The van der Waals surface area contributed by atoms with E-state index in [1.165, 1.54) is 18.9 Å². The summed E-state index contributed by atoms with van der Waals surface area (Å²) in [5.74, 6) is 0.0885. The van der Waals surface area contributed by atoms with Crippen molar-refractivity contribution in [3.63, 3.8) is 0 Å². The molecule has 0 aliphatic carbocycles. The second-order valence-corrected chi connectivity index (χ2v) is 6.50. The van der Waals surface area contributed by atoms with E-state index in [-0.39, 0.29) is 5.91 Å². The number of halogens is 2. The number of aromatic nitrogens is 1. The summed E-state index contributed by atoms with van der Waals surface area (Å²) in [5.41, 5.74) is 1.21. The predicted octanol–water partition coefficient (Wildman–Crippen LogP) is 4.48. The third-order valence-electron chi connectivity index (χ3n) is 3.10. The molecular weight excluding hydrogens is 369 g/mol. The molecule has 0 spiro atoms. The van der Waals surface area contributed by atoms with Crippen LogP contribution < -0.4 is 10.1 Å². The molecule has 3 rings (SSSR count). The van der Waals surface area contributed by atoms with Crippen LogP contribution in [0.3, 0.4) is 0 Å². The van der Waals surface area contributed by atoms with Crippen LogP contribution in [0.2, 0.25) is 10.0 Å². The summed E-state index contributed by atoms with van der Waals surface area (Å²) in [6, 6.07) is 8.72. The molecule has 0 fully saturated rings. The number of amides is 1. The van der Waals surface area contributed by atoms with Gasteiger partial charge in [-0.25, -0.2) is 4.98 Å². The highest BCUT2D eigenvalue weighted by Crippen LogP contribution is 2.35. The molecule has 0 radical (unpaired) electrons. The van der Waals surface area contributed by atoms with Crippen molar-refractivity contribution in [1.82, 2.24) is 4.98 Å². The number of carbonyl (C=O) groups is 1. The fourth-order valence-electron chi connectivity index (χ4n) is 2.01. The molecule has 1 N–H and O–H groups in total. The van der Waals surface area contributed by atoms with Crippen LogP contribution in [0.4, 0.5) is 5.69 Å². The maximum Gasteiger partial charge on any atom is 0.286 e. The lowest BCUT2D eigenvalue weighted by Gasteiger charge is -2.08. The first-order chi connectivity index (χ1) is 11.6. The minimum Gasteiger partial charge on any atom is -0.481 e. The number of amidine groups is 1. The quantitative estimate of drug-likeness (QED) is 0.796. The Labute approximate surface area is 152 Å². The van der Waals surface area contributed by atoms with Crippen LogP contribution in [-0.2, 0) is 4.79 Å². The van der Waals surface area contributed by atoms with Crippen LogP contribution >= 0.6 is 35.0 Å². The van der Waals surface area contributed by atoms with E-state index in [1.807, 2.05) is 6.07 Å². The fourth-order valence-corrected chi connectivity index (χ4v) is 3.31. The smallest absolute Gasteiger partial charge is 0.286 e. The van der Waals surface area contributed by atoms with Crippen molar-refractivity contribution in [2.24, 2.45) is 4.99 Å². The highest BCUT2D eigenvalue weighted by Gasteiger charge is 2.23. The first kappa shape index (κ1) is 16.8.